The Morgan fingerprint density at radius 2 is 2.31 bits per heavy atom. The summed E-state index contributed by atoms with van der Waals surface area (Å²) in [6, 6.07) is 1.77. The molecular weight excluding hydrogens is 164 g/mol. The monoisotopic (exact) mass is 176 g/mol. The first kappa shape index (κ1) is 8.23. The van der Waals surface area contributed by atoms with Crippen molar-refractivity contribution in [3.8, 4) is 0 Å². The zero-order valence-corrected chi connectivity index (χ0v) is 7.58. The third-order valence-corrected chi connectivity index (χ3v) is 2.29. The fourth-order valence-corrected chi connectivity index (χ4v) is 1.35. The second kappa shape index (κ2) is 2.83. The maximum absolute atomic E-state index is 11.7. The van der Waals surface area contributed by atoms with Gasteiger partial charge in [-0.3, -0.25) is 9.78 Å². The molecule has 0 saturated heterocycles. The topological polar surface area (TPSA) is 56.0 Å². The van der Waals surface area contributed by atoms with Crippen LogP contribution < -0.4 is 5.73 Å². The van der Waals surface area contributed by atoms with Crippen LogP contribution in [0.5, 0.6) is 0 Å². The molecule has 1 aliphatic carbocycles. The van der Waals surface area contributed by atoms with Crippen LogP contribution in [0.2, 0.25) is 0 Å². The molecular formula is C10H12N2O. The van der Waals surface area contributed by atoms with Crippen LogP contribution in [0.1, 0.15) is 28.9 Å². The molecule has 1 aromatic heterocycles. The number of Topliss-reactive ketones (excluding diaryl/α,β-unsaturated/α-hetero) is 1. The third kappa shape index (κ3) is 1.54. The number of carbonyl (C=O) groups excluding carboxylic acids is 1. The van der Waals surface area contributed by atoms with Crippen molar-refractivity contribution in [1.29, 1.82) is 0 Å². The summed E-state index contributed by atoms with van der Waals surface area (Å²) in [5.74, 6) is 0.409. The normalized spacial score (nSPS) is 15.8. The number of carbonyl (C=O) groups is 1. The van der Waals surface area contributed by atoms with E-state index in [-0.39, 0.29) is 11.7 Å². The fraction of sp³-hybridized carbons (Fsp3) is 0.400. The number of hydrogen-bond acceptors (Lipinski definition) is 3. The first-order valence-corrected chi connectivity index (χ1v) is 4.45. The van der Waals surface area contributed by atoms with Crippen LogP contribution in [0.25, 0.3) is 0 Å². The maximum atomic E-state index is 11.7. The highest BCUT2D eigenvalue weighted by Gasteiger charge is 2.31. The van der Waals surface area contributed by atoms with E-state index in [1.54, 1.807) is 12.3 Å². The van der Waals surface area contributed by atoms with Gasteiger partial charge in [0.1, 0.15) is 0 Å². The highest BCUT2D eigenvalue weighted by molar-refractivity contribution is 6.03. The minimum atomic E-state index is 0.183. The molecule has 1 saturated carbocycles. The van der Waals surface area contributed by atoms with E-state index in [9.17, 15) is 4.79 Å². The van der Waals surface area contributed by atoms with Crippen LogP contribution in [-0.4, -0.2) is 10.8 Å². The number of nitrogen functional groups attached to an aromatic ring is 1. The average Bonchev–Trinajstić information content (AvgIpc) is 2.91. The number of nitrogens with two attached hydrogens (primary N) is 1. The molecule has 68 valence electrons. The van der Waals surface area contributed by atoms with Crippen LogP contribution in [0.15, 0.2) is 12.3 Å². The number of nitrogens with zero attached hydrogens (tertiary/aromatic N) is 1. The average molecular weight is 176 g/mol. The van der Waals surface area contributed by atoms with Gasteiger partial charge in [0.25, 0.3) is 0 Å². The Bertz CT molecular complexity index is 356. The van der Waals surface area contributed by atoms with Gasteiger partial charge in [-0.25, -0.2) is 0 Å². The molecule has 1 fully saturated rings. The molecule has 1 aliphatic rings. The number of aryl methyl sites for hydroxylation is 1. The summed E-state index contributed by atoms with van der Waals surface area (Å²) in [5, 5.41) is 0. The van der Waals surface area contributed by atoms with E-state index in [1.165, 1.54) is 0 Å². The van der Waals surface area contributed by atoms with Crippen molar-refractivity contribution in [3.05, 3.63) is 23.5 Å². The van der Waals surface area contributed by atoms with E-state index in [0.717, 1.165) is 18.5 Å². The SMILES string of the molecule is Cc1cc(C(=O)C2CC2)c(N)cn1. The molecule has 1 heterocycles. The molecule has 0 atom stereocenters. The van der Waals surface area contributed by atoms with E-state index in [4.69, 9.17) is 5.73 Å². The predicted molar refractivity (Wildman–Crippen MR) is 50.4 cm³/mol. The third-order valence-electron chi connectivity index (χ3n) is 2.29. The maximum Gasteiger partial charge on any atom is 0.168 e. The van der Waals surface area contributed by atoms with Crippen LogP contribution >= 0.6 is 0 Å². The quantitative estimate of drug-likeness (QED) is 0.696. The van der Waals surface area contributed by atoms with Gasteiger partial charge in [0.2, 0.25) is 0 Å². The van der Waals surface area contributed by atoms with Crippen molar-refractivity contribution in [2.24, 2.45) is 5.92 Å². The molecule has 2 N–H and O–H groups in total. The summed E-state index contributed by atoms with van der Waals surface area (Å²) in [4.78, 5) is 15.7. The van der Waals surface area contributed by atoms with E-state index in [1.807, 2.05) is 6.92 Å². The molecule has 0 radical (unpaired) electrons. The van der Waals surface area contributed by atoms with Gasteiger partial charge in [0.15, 0.2) is 5.78 Å². The van der Waals surface area contributed by atoms with Gasteiger partial charge in [-0.05, 0) is 25.8 Å². The molecule has 1 aromatic rings. The molecule has 0 aliphatic heterocycles. The molecule has 0 bridgehead atoms. The molecule has 3 nitrogen and oxygen atoms in total. The number of anilines is 1. The Hall–Kier alpha value is -1.38. The number of aromatic nitrogens is 1. The second-order valence-corrected chi connectivity index (χ2v) is 3.55. The van der Waals surface area contributed by atoms with Crippen molar-refractivity contribution >= 4 is 11.5 Å². The molecule has 0 spiro atoms. The molecule has 0 aromatic carbocycles. The highest BCUT2D eigenvalue weighted by Crippen LogP contribution is 2.33. The Morgan fingerprint density at radius 1 is 1.62 bits per heavy atom. The van der Waals surface area contributed by atoms with Gasteiger partial charge in [-0.1, -0.05) is 0 Å². The Balaban J connectivity index is 2.37. The van der Waals surface area contributed by atoms with Crippen molar-refractivity contribution < 1.29 is 4.79 Å². The van der Waals surface area contributed by atoms with Gasteiger partial charge in [0.05, 0.1) is 11.9 Å². The smallest absolute Gasteiger partial charge is 0.168 e. The van der Waals surface area contributed by atoms with E-state index in [2.05, 4.69) is 4.98 Å². The number of hydrogen-bond donors (Lipinski definition) is 1. The Kier molecular flexibility index (Phi) is 1.79. The fourth-order valence-electron chi connectivity index (χ4n) is 1.35. The predicted octanol–water partition coefficient (Wildman–Crippen LogP) is 1.56. The number of pyridine rings is 1. The number of ketones is 1. The lowest BCUT2D eigenvalue weighted by Gasteiger charge is -2.03. The lowest BCUT2D eigenvalue weighted by Crippen LogP contribution is -2.06. The number of rotatable bonds is 2. The minimum absolute atomic E-state index is 0.183. The van der Waals surface area contributed by atoms with Gasteiger partial charge in [-0.2, -0.15) is 0 Å². The van der Waals surface area contributed by atoms with Crippen molar-refractivity contribution in [2.45, 2.75) is 19.8 Å². The van der Waals surface area contributed by atoms with Gasteiger partial charge in [-0.15, -0.1) is 0 Å². The standard InChI is InChI=1S/C10H12N2O/c1-6-4-8(9(11)5-12-6)10(13)7-2-3-7/h4-5,7H,2-3,11H2,1H3. The van der Waals surface area contributed by atoms with E-state index in [0.29, 0.717) is 11.3 Å². The van der Waals surface area contributed by atoms with E-state index < -0.39 is 0 Å². The zero-order chi connectivity index (χ0) is 9.42. The van der Waals surface area contributed by atoms with Crippen molar-refractivity contribution in [1.82, 2.24) is 4.98 Å². The van der Waals surface area contributed by atoms with Crippen LogP contribution in [0.3, 0.4) is 0 Å². The summed E-state index contributed by atoms with van der Waals surface area (Å²) in [7, 11) is 0. The van der Waals surface area contributed by atoms with Gasteiger partial charge < -0.3 is 5.73 Å². The van der Waals surface area contributed by atoms with Crippen LogP contribution in [-0.2, 0) is 0 Å². The molecule has 3 heteroatoms. The summed E-state index contributed by atoms with van der Waals surface area (Å²) in [6.07, 6.45) is 3.59. The summed E-state index contributed by atoms with van der Waals surface area (Å²) < 4.78 is 0. The van der Waals surface area contributed by atoms with Crippen molar-refractivity contribution in [3.63, 3.8) is 0 Å². The Morgan fingerprint density at radius 3 is 2.92 bits per heavy atom. The molecule has 13 heavy (non-hydrogen) atoms. The lowest BCUT2D eigenvalue weighted by atomic mass is 10.1. The second-order valence-electron chi connectivity index (χ2n) is 3.55. The summed E-state index contributed by atoms with van der Waals surface area (Å²) in [6.45, 7) is 1.86. The molecule has 0 unspecified atom stereocenters. The largest absolute Gasteiger partial charge is 0.397 e. The van der Waals surface area contributed by atoms with Crippen molar-refractivity contribution in [2.75, 3.05) is 5.73 Å². The van der Waals surface area contributed by atoms with Gasteiger partial charge in [0, 0.05) is 17.2 Å². The first-order valence-electron chi connectivity index (χ1n) is 4.45. The summed E-state index contributed by atoms with van der Waals surface area (Å²) >= 11 is 0. The minimum Gasteiger partial charge on any atom is -0.397 e. The highest BCUT2D eigenvalue weighted by atomic mass is 16.1. The molecule has 2 rings (SSSR count). The first-order chi connectivity index (χ1) is 6.18. The molecule has 0 amide bonds. The summed E-state index contributed by atoms with van der Waals surface area (Å²) in [5.41, 5.74) is 7.67. The zero-order valence-electron chi connectivity index (χ0n) is 7.58. The van der Waals surface area contributed by atoms with Crippen LogP contribution in [0, 0.1) is 12.8 Å². The van der Waals surface area contributed by atoms with Gasteiger partial charge >= 0.3 is 0 Å². The van der Waals surface area contributed by atoms with Crippen LogP contribution in [0.4, 0.5) is 5.69 Å². The Labute approximate surface area is 77.0 Å². The lowest BCUT2D eigenvalue weighted by molar-refractivity contribution is 0.0968. The van der Waals surface area contributed by atoms with E-state index >= 15 is 0 Å².